The molecule has 0 unspecified atom stereocenters. The molecule has 0 radical (unpaired) electrons. The van der Waals surface area contributed by atoms with Crippen LogP contribution < -0.4 is 10.6 Å². The second kappa shape index (κ2) is 7.78. The second-order valence-electron chi connectivity index (χ2n) is 5.97. The second-order valence-corrected chi connectivity index (χ2v) is 5.97. The normalized spacial score (nSPS) is 10.3. The predicted octanol–water partition coefficient (Wildman–Crippen LogP) is 4.78. The van der Waals surface area contributed by atoms with Gasteiger partial charge in [-0.15, -0.1) is 0 Å². The molecule has 0 aliphatic rings. The van der Waals surface area contributed by atoms with Crippen molar-refractivity contribution in [3.8, 4) is 0 Å². The smallest absolute Gasteiger partial charge is 0.255 e. The molecule has 0 saturated carbocycles. The number of aryl methyl sites for hydroxylation is 1. The largest absolute Gasteiger partial charge is 0.320 e. The summed E-state index contributed by atoms with van der Waals surface area (Å²) in [6.45, 7) is 1.85. The quantitative estimate of drug-likeness (QED) is 0.698. The van der Waals surface area contributed by atoms with Gasteiger partial charge in [-0.05, 0) is 73.2 Å². The molecule has 3 aromatic carbocycles. The lowest BCUT2D eigenvalue weighted by molar-refractivity contribution is 0.101. The summed E-state index contributed by atoms with van der Waals surface area (Å²) in [5, 5.41) is 5.42. The van der Waals surface area contributed by atoms with Crippen molar-refractivity contribution in [1.29, 1.82) is 0 Å². The van der Waals surface area contributed by atoms with Gasteiger partial charge in [-0.25, -0.2) is 8.78 Å². The number of benzene rings is 3. The zero-order valence-electron chi connectivity index (χ0n) is 14.4. The van der Waals surface area contributed by atoms with Crippen molar-refractivity contribution < 1.29 is 18.4 Å². The summed E-state index contributed by atoms with van der Waals surface area (Å²) >= 11 is 0. The number of halogens is 2. The van der Waals surface area contributed by atoms with Crippen LogP contribution in [0.5, 0.6) is 0 Å². The summed E-state index contributed by atoms with van der Waals surface area (Å²) in [5.74, 6) is -1.74. The van der Waals surface area contributed by atoms with Gasteiger partial charge in [0.2, 0.25) is 0 Å². The van der Waals surface area contributed by atoms with Gasteiger partial charge >= 0.3 is 0 Å². The van der Waals surface area contributed by atoms with Crippen LogP contribution in [0, 0.1) is 18.6 Å². The van der Waals surface area contributed by atoms with Gasteiger partial charge in [0.15, 0.2) is 0 Å². The Morgan fingerprint density at radius 3 is 1.59 bits per heavy atom. The highest BCUT2D eigenvalue weighted by molar-refractivity contribution is 6.10. The van der Waals surface area contributed by atoms with E-state index >= 15 is 0 Å². The van der Waals surface area contributed by atoms with E-state index < -0.39 is 23.4 Å². The van der Waals surface area contributed by atoms with Gasteiger partial charge in [0, 0.05) is 11.1 Å². The standard InChI is InChI=1S/C21H16F2N2O2/c1-13-2-11-18(24-20(26)14-3-7-16(22)8-4-14)19(12-13)25-21(27)15-5-9-17(23)10-6-15/h2-12H,1H3,(H,24,26)(H,25,27). The molecule has 3 rings (SSSR count). The van der Waals surface area contributed by atoms with Gasteiger partial charge in [-0.1, -0.05) is 6.07 Å². The Labute approximate surface area is 154 Å². The minimum atomic E-state index is -0.436. The summed E-state index contributed by atoms with van der Waals surface area (Å²) in [6.07, 6.45) is 0. The zero-order chi connectivity index (χ0) is 19.4. The van der Waals surface area contributed by atoms with E-state index in [1.54, 1.807) is 18.2 Å². The van der Waals surface area contributed by atoms with Crippen LogP contribution in [0.1, 0.15) is 26.3 Å². The van der Waals surface area contributed by atoms with E-state index in [4.69, 9.17) is 0 Å². The third-order valence-electron chi connectivity index (χ3n) is 3.88. The number of nitrogens with one attached hydrogen (secondary N) is 2. The average molecular weight is 366 g/mol. The zero-order valence-corrected chi connectivity index (χ0v) is 14.4. The molecular weight excluding hydrogens is 350 g/mol. The fraction of sp³-hybridized carbons (Fsp3) is 0.0476. The Bertz CT molecular complexity index is 984. The molecule has 0 aliphatic heterocycles. The monoisotopic (exact) mass is 366 g/mol. The molecular formula is C21H16F2N2O2. The Morgan fingerprint density at radius 2 is 1.11 bits per heavy atom. The molecule has 0 spiro atoms. The third-order valence-corrected chi connectivity index (χ3v) is 3.88. The maximum absolute atomic E-state index is 13.0. The first-order chi connectivity index (χ1) is 12.9. The highest BCUT2D eigenvalue weighted by Gasteiger charge is 2.13. The van der Waals surface area contributed by atoms with Gasteiger partial charge in [-0.3, -0.25) is 9.59 Å². The van der Waals surface area contributed by atoms with E-state index in [-0.39, 0.29) is 11.1 Å². The summed E-state index contributed by atoms with van der Waals surface area (Å²) in [5.41, 5.74) is 2.25. The number of hydrogen-bond donors (Lipinski definition) is 2. The van der Waals surface area contributed by atoms with E-state index in [1.165, 1.54) is 48.5 Å². The molecule has 0 heterocycles. The SMILES string of the molecule is Cc1ccc(NC(=O)c2ccc(F)cc2)c(NC(=O)c2ccc(F)cc2)c1. The van der Waals surface area contributed by atoms with E-state index in [2.05, 4.69) is 10.6 Å². The molecule has 27 heavy (non-hydrogen) atoms. The topological polar surface area (TPSA) is 58.2 Å². The van der Waals surface area contributed by atoms with E-state index in [9.17, 15) is 18.4 Å². The molecule has 4 nitrogen and oxygen atoms in total. The fourth-order valence-corrected chi connectivity index (χ4v) is 2.46. The molecule has 0 atom stereocenters. The maximum atomic E-state index is 13.0. The minimum absolute atomic E-state index is 0.285. The lowest BCUT2D eigenvalue weighted by Crippen LogP contribution is -2.17. The number of rotatable bonds is 4. The van der Waals surface area contributed by atoms with Gasteiger partial charge < -0.3 is 10.6 Å². The van der Waals surface area contributed by atoms with Crippen LogP contribution in [0.15, 0.2) is 66.7 Å². The first-order valence-electron chi connectivity index (χ1n) is 8.17. The summed E-state index contributed by atoms with van der Waals surface area (Å²) in [4.78, 5) is 24.8. The molecule has 3 aromatic rings. The highest BCUT2D eigenvalue weighted by Crippen LogP contribution is 2.24. The van der Waals surface area contributed by atoms with E-state index in [1.807, 2.05) is 6.92 Å². The lowest BCUT2D eigenvalue weighted by atomic mass is 10.1. The molecule has 0 aliphatic carbocycles. The van der Waals surface area contributed by atoms with Crippen molar-refractivity contribution in [3.63, 3.8) is 0 Å². The molecule has 6 heteroatoms. The van der Waals surface area contributed by atoms with Crippen molar-refractivity contribution in [2.24, 2.45) is 0 Å². The van der Waals surface area contributed by atoms with Crippen LogP contribution in [-0.2, 0) is 0 Å². The number of amides is 2. The summed E-state index contributed by atoms with van der Waals surface area (Å²) in [6, 6.07) is 15.4. The van der Waals surface area contributed by atoms with Gasteiger partial charge in [0.1, 0.15) is 11.6 Å². The van der Waals surface area contributed by atoms with Crippen LogP contribution >= 0.6 is 0 Å². The molecule has 2 amide bonds. The predicted molar refractivity (Wildman–Crippen MR) is 99.9 cm³/mol. The summed E-state index contributed by atoms with van der Waals surface area (Å²) < 4.78 is 26.0. The van der Waals surface area contributed by atoms with Crippen LogP contribution in [0.25, 0.3) is 0 Å². The molecule has 0 saturated heterocycles. The van der Waals surface area contributed by atoms with Crippen molar-refractivity contribution >= 4 is 23.2 Å². The Morgan fingerprint density at radius 1 is 0.667 bits per heavy atom. The van der Waals surface area contributed by atoms with E-state index in [0.29, 0.717) is 11.4 Å². The Hall–Kier alpha value is -3.54. The minimum Gasteiger partial charge on any atom is -0.320 e. The summed E-state index contributed by atoms with van der Waals surface area (Å²) in [7, 11) is 0. The van der Waals surface area contributed by atoms with Gasteiger partial charge in [-0.2, -0.15) is 0 Å². The van der Waals surface area contributed by atoms with Crippen molar-refractivity contribution in [2.45, 2.75) is 6.92 Å². The van der Waals surface area contributed by atoms with Gasteiger partial charge in [0.05, 0.1) is 11.4 Å². The lowest BCUT2D eigenvalue weighted by Gasteiger charge is -2.13. The van der Waals surface area contributed by atoms with Crippen LogP contribution in [-0.4, -0.2) is 11.8 Å². The van der Waals surface area contributed by atoms with Crippen LogP contribution in [0.4, 0.5) is 20.2 Å². The van der Waals surface area contributed by atoms with Crippen molar-refractivity contribution in [3.05, 3.63) is 95.1 Å². The average Bonchev–Trinajstić information content (AvgIpc) is 2.65. The highest BCUT2D eigenvalue weighted by atomic mass is 19.1. The fourth-order valence-electron chi connectivity index (χ4n) is 2.46. The Balaban J connectivity index is 1.82. The molecule has 136 valence electrons. The van der Waals surface area contributed by atoms with E-state index in [0.717, 1.165) is 5.56 Å². The third kappa shape index (κ3) is 4.55. The number of hydrogen-bond acceptors (Lipinski definition) is 2. The maximum Gasteiger partial charge on any atom is 0.255 e. The molecule has 0 bridgehead atoms. The number of carbonyl (C=O) groups is 2. The van der Waals surface area contributed by atoms with Crippen molar-refractivity contribution in [1.82, 2.24) is 0 Å². The van der Waals surface area contributed by atoms with Crippen molar-refractivity contribution in [2.75, 3.05) is 10.6 Å². The molecule has 0 fully saturated rings. The Kier molecular flexibility index (Phi) is 5.26. The van der Waals surface area contributed by atoms with Gasteiger partial charge in [0.25, 0.3) is 11.8 Å². The first-order valence-corrected chi connectivity index (χ1v) is 8.17. The molecule has 2 N–H and O–H groups in total. The van der Waals surface area contributed by atoms with Crippen LogP contribution in [0.2, 0.25) is 0 Å². The number of anilines is 2. The van der Waals surface area contributed by atoms with Crippen LogP contribution in [0.3, 0.4) is 0 Å². The first kappa shape index (κ1) is 18.3. The molecule has 0 aromatic heterocycles. The number of carbonyl (C=O) groups excluding carboxylic acids is 2.